The molecular formula is C10H12N4O. The lowest BCUT2D eigenvalue weighted by molar-refractivity contribution is -0.121. The van der Waals surface area contributed by atoms with Gasteiger partial charge in [0.05, 0.1) is 6.54 Å². The van der Waals surface area contributed by atoms with Gasteiger partial charge in [-0.15, -0.1) is 0 Å². The molecule has 78 valence electrons. The zero-order valence-corrected chi connectivity index (χ0v) is 8.47. The predicted octanol–water partition coefficient (Wildman–Crippen LogP) is -0.000800. The smallest absolute Gasteiger partial charge is 0.259 e. The molecular weight excluding hydrogens is 192 g/mol. The van der Waals surface area contributed by atoms with Gasteiger partial charge < -0.3 is 4.90 Å². The van der Waals surface area contributed by atoms with E-state index in [-0.39, 0.29) is 5.91 Å². The van der Waals surface area contributed by atoms with Crippen LogP contribution in [0.15, 0.2) is 29.6 Å². The molecule has 0 saturated carbocycles. The Kier molecular flexibility index (Phi) is 2.62. The van der Waals surface area contributed by atoms with E-state index in [1.165, 1.54) is 0 Å². The summed E-state index contributed by atoms with van der Waals surface area (Å²) in [5.41, 5.74) is 3.55. The second kappa shape index (κ2) is 4.08. The van der Waals surface area contributed by atoms with Crippen molar-refractivity contribution in [2.45, 2.75) is 6.42 Å². The van der Waals surface area contributed by atoms with Crippen molar-refractivity contribution in [2.24, 2.45) is 5.10 Å². The highest BCUT2D eigenvalue weighted by atomic mass is 16.2. The minimum Gasteiger partial charge on any atom is -0.352 e. The van der Waals surface area contributed by atoms with Crippen LogP contribution in [0.1, 0.15) is 5.56 Å². The Balaban J connectivity index is 2.09. The third-order valence-corrected chi connectivity index (χ3v) is 2.22. The molecule has 1 aromatic heterocycles. The van der Waals surface area contributed by atoms with Crippen LogP contribution in [0, 0.1) is 0 Å². The highest BCUT2D eigenvalue weighted by Gasteiger charge is 2.16. The molecule has 2 heterocycles. The first kappa shape index (κ1) is 9.64. The van der Waals surface area contributed by atoms with Crippen LogP contribution in [-0.2, 0) is 11.2 Å². The van der Waals surface area contributed by atoms with Crippen LogP contribution in [0.25, 0.3) is 0 Å². The number of carbonyl (C=O) groups is 1. The molecule has 2 rings (SSSR count). The Labute approximate surface area is 87.8 Å². The number of amides is 1. The van der Waals surface area contributed by atoms with E-state index < -0.39 is 0 Å². The lowest BCUT2D eigenvalue weighted by Gasteiger charge is -2.24. The van der Waals surface area contributed by atoms with Crippen molar-refractivity contribution in [3.8, 4) is 0 Å². The third kappa shape index (κ3) is 2.31. The maximum Gasteiger partial charge on any atom is 0.259 e. The van der Waals surface area contributed by atoms with Gasteiger partial charge in [0.2, 0.25) is 0 Å². The van der Waals surface area contributed by atoms with Crippen LogP contribution < -0.4 is 5.43 Å². The van der Waals surface area contributed by atoms with E-state index >= 15 is 0 Å². The van der Waals surface area contributed by atoms with Gasteiger partial charge in [-0.05, 0) is 11.6 Å². The van der Waals surface area contributed by atoms with Gasteiger partial charge in [0, 0.05) is 25.9 Å². The normalized spacial score (nSPS) is 15.9. The van der Waals surface area contributed by atoms with Crippen LogP contribution in [0.5, 0.6) is 0 Å². The summed E-state index contributed by atoms with van der Waals surface area (Å²) in [4.78, 5) is 16.9. The number of aromatic nitrogens is 1. The summed E-state index contributed by atoms with van der Waals surface area (Å²) in [6.45, 7) is 0.360. The maximum atomic E-state index is 11.0. The van der Waals surface area contributed by atoms with Crippen molar-refractivity contribution in [3.05, 3.63) is 30.1 Å². The number of pyridine rings is 1. The second-order valence-corrected chi connectivity index (χ2v) is 3.46. The summed E-state index contributed by atoms with van der Waals surface area (Å²) in [5.74, 6) is 0.773. The number of nitrogens with one attached hydrogen (secondary N) is 1. The topological polar surface area (TPSA) is 57.6 Å². The van der Waals surface area contributed by atoms with Gasteiger partial charge in [-0.25, -0.2) is 5.43 Å². The Morgan fingerprint density at radius 3 is 3.13 bits per heavy atom. The zero-order valence-electron chi connectivity index (χ0n) is 8.47. The summed E-state index contributed by atoms with van der Waals surface area (Å²) >= 11 is 0. The van der Waals surface area contributed by atoms with Gasteiger partial charge in [0.1, 0.15) is 5.84 Å². The van der Waals surface area contributed by atoms with E-state index in [9.17, 15) is 4.79 Å². The number of hydrogen-bond acceptors (Lipinski definition) is 4. The molecule has 1 N–H and O–H groups in total. The van der Waals surface area contributed by atoms with Crippen molar-refractivity contribution in [3.63, 3.8) is 0 Å². The largest absolute Gasteiger partial charge is 0.352 e. The van der Waals surface area contributed by atoms with E-state index in [2.05, 4.69) is 15.5 Å². The number of rotatable bonds is 2. The summed E-state index contributed by atoms with van der Waals surface area (Å²) in [6.07, 6.45) is 4.22. The minimum absolute atomic E-state index is 0.0764. The molecule has 5 heteroatoms. The van der Waals surface area contributed by atoms with E-state index in [1.54, 1.807) is 12.4 Å². The molecule has 0 aromatic carbocycles. The van der Waals surface area contributed by atoms with Crippen LogP contribution in [-0.4, -0.2) is 35.2 Å². The van der Waals surface area contributed by atoms with Crippen LogP contribution in [0.2, 0.25) is 0 Å². The average molecular weight is 204 g/mol. The molecule has 5 nitrogen and oxygen atoms in total. The molecule has 0 atom stereocenters. The fraction of sp³-hybridized carbons (Fsp3) is 0.300. The third-order valence-electron chi connectivity index (χ3n) is 2.22. The van der Waals surface area contributed by atoms with Crippen molar-refractivity contribution in [1.29, 1.82) is 0 Å². The summed E-state index contributed by atoms with van der Waals surface area (Å²) < 4.78 is 0. The summed E-state index contributed by atoms with van der Waals surface area (Å²) in [7, 11) is 1.86. The SMILES string of the molecule is CN1CC(=O)NN=C1Cc1cccnc1. The Morgan fingerprint density at radius 2 is 2.47 bits per heavy atom. The summed E-state index contributed by atoms with van der Waals surface area (Å²) in [6, 6.07) is 3.87. The lowest BCUT2D eigenvalue weighted by atomic mass is 10.2. The van der Waals surface area contributed by atoms with Gasteiger partial charge in [-0.3, -0.25) is 9.78 Å². The first-order valence-corrected chi connectivity index (χ1v) is 4.71. The monoisotopic (exact) mass is 204 g/mol. The molecule has 1 aliphatic heterocycles. The van der Waals surface area contributed by atoms with E-state index in [1.807, 2.05) is 24.1 Å². The molecule has 0 saturated heterocycles. The van der Waals surface area contributed by atoms with Gasteiger partial charge in [0.15, 0.2) is 0 Å². The second-order valence-electron chi connectivity index (χ2n) is 3.46. The first-order chi connectivity index (χ1) is 7.25. The van der Waals surface area contributed by atoms with E-state index in [4.69, 9.17) is 0 Å². The van der Waals surface area contributed by atoms with Crippen molar-refractivity contribution in [1.82, 2.24) is 15.3 Å². The average Bonchev–Trinajstić information content (AvgIpc) is 2.24. The molecule has 0 radical (unpaired) electrons. The fourth-order valence-electron chi connectivity index (χ4n) is 1.41. The molecule has 0 bridgehead atoms. The Morgan fingerprint density at radius 1 is 1.60 bits per heavy atom. The Hall–Kier alpha value is -1.91. The molecule has 1 amide bonds. The van der Waals surface area contributed by atoms with Gasteiger partial charge in [-0.1, -0.05) is 6.07 Å². The highest BCUT2D eigenvalue weighted by molar-refractivity contribution is 5.92. The molecule has 0 fully saturated rings. The molecule has 0 aliphatic carbocycles. The van der Waals surface area contributed by atoms with Crippen molar-refractivity contribution in [2.75, 3.05) is 13.6 Å². The maximum absolute atomic E-state index is 11.0. The van der Waals surface area contributed by atoms with E-state index in [0.717, 1.165) is 11.4 Å². The number of nitrogens with zero attached hydrogens (tertiary/aromatic N) is 3. The standard InChI is InChI=1S/C10H12N4O/c1-14-7-10(15)13-12-9(14)5-8-3-2-4-11-6-8/h2-4,6H,5,7H2,1H3,(H,13,15). The quantitative estimate of drug-likeness (QED) is 0.737. The first-order valence-electron chi connectivity index (χ1n) is 4.71. The molecule has 1 aromatic rings. The van der Waals surface area contributed by atoms with Crippen LogP contribution in [0.4, 0.5) is 0 Å². The number of amidine groups is 1. The number of carbonyl (C=O) groups excluding carboxylic acids is 1. The fourth-order valence-corrected chi connectivity index (χ4v) is 1.41. The highest BCUT2D eigenvalue weighted by Crippen LogP contribution is 2.03. The van der Waals surface area contributed by atoms with Crippen molar-refractivity contribution < 1.29 is 4.79 Å². The number of likely N-dealkylation sites (N-methyl/N-ethyl adjacent to an activating group) is 1. The molecule has 1 aliphatic rings. The minimum atomic E-state index is -0.0764. The van der Waals surface area contributed by atoms with Gasteiger partial charge >= 0.3 is 0 Å². The molecule has 15 heavy (non-hydrogen) atoms. The molecule has 0 unspecified atom stereocenters. The zero-order chi connectivity index (χ0) is 10.7. The van der Waals surface area contributed by atoms with Crippen LogP contribution >= 0.6 is 0 Å². The van der Waals surface area contributed by atoms with E-state index in [0.29, 0.717) is 13.0 Å². The number of hydrazone groups is 1. The predicted molar refractivity (Wildman–Crippen MR) is 56.1 cm³/mol. The molecule has 0 spiro atoms. The van der Waals surface area contributed by atoms with Crippen LogP contribution in [0.3, 0.4) is 0 Å². The number of hydrogen-bond donors (Lipinski definition) is 1. The lowest BCUT2D eigenvalue weighted by Crippen LogP contribution is -2.43. The van der Waals surface area contributed by atoms with Crippen molar-refractivity contribution >= 4 is 11.7 Å². The van der Waals surface area contributed by atoms with Gasteiger partial charge in [0.25, 0.3) is 5.91 Å². The summed E-state index contributed by atoms with van der Waals surface area (Å²) in [5, 5.41) is 4.00. The van der Waals surface area contributed by atoms with Gasteiger partial charge in [-0.2, -0.15) is 5.10 Å². The Bertz CT molecular complexity index is 388.